The number of rotatable bonds is 3. The van der Waals surface area contributed by atoms with Crippen LogP contribution < -0.4 is 5.32 Å². The number of carboxylic acid groups (broad SMARTS) is 2. The third-order valence-corrected chi connectivity index (χ3v) is 2.40. The fourth-order valence-corrected chi connectivity index (χ4v) is 1.65. The van der Waals surface area contributed by atoms with Crippen molar-refractivity contribution in [1.82, 2.24) is 5.32 Å². The van der Waals surface area contributed by atoms with Crippen LogP contribution in [0.4, 0.5) is 0 Å². The van der Waals surface area contributed by atoms with Crippen LogP contribution in [0.2, 0.25) is 0 Å². The largest absolute Gasteiger partial charge is 0.481 e. The minimum absolute atomic E-state index is 0.00898. The first-order valence-corrected chi connectivity index (χ1v) is 4.21. The Hall–Kier alpha value is -1.10. The summed E-state index contributed by atoms with van der Waals surface area (Å²) in [6.07, 6.45) is 0.498. The van der Waals surface area contributed by atoms with Gasteiger partial charge in [-0.3, -0.25) is 9.59 Å². The number of carboxylic acids is 2. The van der Waals surface area contributed by atoms with Crippen LogP contribution in [0.5, 0.6) is 0 Å². The smallest absolute Gasteiger partial charge is 0.320 e. The van der Waals surface area contributed by atoms with Crippen LogP contribution in [0.1, 0.15) is 19.8 Å². The van der Waals surface area contributed by atoms with Crippen molar-refractivity contribution in [3.8, 4) is 0 Å². The zero-order valence-corrected chi connectivity index (χ0v) is 7.36. The molecule has 74 valence electrons. The van der Waals surface area contributed by atoms with Gasteiger partial charge in [0.15, 0.2) is 0 Å². The van der Waals surface area contributed by atoms with Crippen molar-refractivity contribution >= 4 is 11.9 Å². The van der Waals surface area contributed by atoms with Gasteiger partial charge in [-0.05, 0) is 12.3 Å². The highest BCUT2D eigenvalue weighted by atomic mass is 16.4. The molecule has 0 aliphatic carbocycles. The molecular weight excluding hydrogens is 174 g/mol. The van der Waals surface area contributed by atoms with Gasteiger partial charge in [0, 0.05) is 6.04 Å². The summed E-state index contributed by atoms with van der Waals surface area (Å²) < 4.78 is 0. The maximum Gasteiger partial charge on any atom is 0.320 e. The maximum absolute atomic E-state index is 10.6. The summed E-state index contributed by atoms with van der Waals surface area (Å²) in [5.41, 5.74) is 0. The predicted molar refractivity (Wildman–Crippen MR) is 44.4 cm³/mol. The highest BCUT2D eigenvalue weighted by Gasteiger charge is 2.35. The van der Waals surface area contributed by atoms with Gasteiger partial charge in [-0.25, -0.2) is 0 Å². The van der Waals surface area contributed by atoms with Gasteiger partial charge < -0.3 is 15.5 Å². The molecule has 13 heavy (non-hydrogen) atoms. The third-order valence-electron chi connectivity index (χ3n) is 2.40. The lowest BCUT2D eigenvalue weighted by atomic mass is 9.99. The minimum atomic E-state index is -0.903. The Labute approximate surface area is 75.7 Å². The van der Waals surface area contributed by atoms with E-state index in [2.05, 4.69) is 5.32 Å². The molecule has 0 aromatic heterocycles. The molecule has 1 aliphatic heterocycles. The summed E-state index contributed by atoms with van der Waals surface area (Å²) >= 11 is 0. The molecule has 1 saturated heterocycles. The summed E-state index contributed by atoms with van der Waals surface area (Å²) in [5.74, 6) is -1.69. The summed E-state index contributed by atoms with van der Waals surface area (Å²) in [6, 6.07) is -0.794. The number of nitrogens with one attached hydrogen (secondary N) is 1. The van der Waals surface area contributed by atoms with Crippen LogP contribution in [0.25, 0.3) is 0 Å². The number of hydrogen-bond acceptors (Lipinski definition) is 3. The van der Waals surface area contributed by atoms with Crippen molar-refractivity contribution in [2.45, 2.75) is 31.8 Å². The molecule has 1 unspecified atom stereocenters. The van der Waals surface area contributed by atoms with Gasteiger partial charge in [-0.1, -0.05) is 6.92 Å². The topological polar surface area (TPSA) is 86.6 Å². The van der Waals surface area contributed by atoms with Crippen molar-refractivity contribution in [3.05, 3.63) is 0 Å². The summed E-state index contributed by atoms with van der Waals surface area (Å²) in [6.45, 7) is 1.86. The van der Waals surface area contributed by atoms with E-state index in [9.17, 15) is 9.59 Å². The number of aliphatic carboxylic acids is 2. The molecule has 1 aliphatic rings. The van der Waals surface area contributed by atoms with E-state index in [-0.39, 0.29) is 18.4 Å². The van der Waals surface area contributed by atoms with Crippen molar-refractivity contribution in [2.75, 3.05) is 0 Å². The molecule has 3 N–H and O–H groups in total. The lowest BCUT2D eigenvalue weighted by Gasteiger charge is -2.12. The number of carbonyl (C=O) groups is 2. The molecule has 1 rings (SSSR count). The average Bonchev–Trinajstić information content (AvgIpc) is 2.31. The van der Waals surface area contributed by atoms with Gasteiger partial charge in [-0.2, -0.15) is 0 Å². The molecule has 1 heterocycles. The molecule has 3 atom stereocenters. The Morgan fingerprint density at radius 2 is 2.08 bits per heavy atom. The molecule has 0 spiro atoms. The van der Waals surface area contributed by atoms with Crippen molar-refractivity contribution in [2.24, 2.45) is 5.92 Å². The van der Waals surface area contributed by atoms with E-state index in [4.69, 9.17) is 10.2 Å². The molecule has 0 aromatic rings. The molecular formula is C8H13NO4. The van der Waals surface area contributed by atoms with Crippen LogP contribution in [-0.2, 0) is 9.59 Å². The van der Waals surface area contributed by atoms with Crippen molar-refractivity contribution in [3.63, 3.8) is 0 Å². The van der Waals surface area contributed by atoms with Crippen molar-refractivity contribution in [1.29, 1.82) is 0 Å². The van der Waals surface area contributed by atoms with Gasteiger partial charge in [0.2, 0.25) is 0 Å². The lowest BCUT2D eigenvalue weighted by molar-refractivity contribution is -0.140. The molecule has 0 bridgehead atoms. The Bertz CT molecular complexity index is 228. The Kier molecular flexibility index (Phi) is 2.87. The van der Waals surface area contributed by atoms with Gasteiger partial charge in [0.1, 0.15) is 6.04 Å². The SMILES string of the molecule is CC1C[C@@H](C(=O)O)N[C@@H]1CC(=O)O. The van der Waals surface area contributed by atoms with Crippen molar-refractivity contribution < 1.29 is 19.8 Å². The molecule has 0 aromatic carbocycles. The predicted octanol–water partition coefficient (Wildman–Crippen LogP) is -0.0877. The molecule has 0 amide bonds. The molecule has 5 heteroatoms. The van der Waals surface area contributed by atoms with Gasteiger partial charge in [-0.15, -0.1) is 0 Å². The van der Waals surface area contributed by atoms with E-state index >= 15 is 0 Å². The summed E-state index contributed by atoms with van der Waals surface area (Å²) in [5, 5.41) is 20.0. The zero-order chi connectivity index (χ0) is 10.0. The maximum atomic E-state index is 10.6. The monoisotopic (exact) mass is 187 g/mol. The third kappa shape index (κ3) is 2.42. The molecule has 5 nitrogen and oxygen atoms in total. The first kappa shape index (κ1) is 9.98. The van der Waals surface area contributed by atoms with E-state index in [1.165, 1.54) is 0 Å². The van der Waals surface area contributed by atoms with E-state index in [0.29, 0.717) is 6.42 Å². The fourth-order valence-electron chi connectivity index (χ4n) is 1.65. The quantitative estimate of drug-likeness (QED) is 0.575. The molecule has 1 fully saturated rings. The minimum Gasteiger partial charge on any atom is -0.481 e. The van der Waals surface area contributed by atoms with E-state index in [1.807, 2.05) is 6.92 Å². The van der Waals surface area contributed by atoms with Crippen LogP contribution in [0.3, 0.4) is 0 Å². The van der Waals surface area contributed by atoms with E-state index in [0.717, 1.165) is 0 Å². The second kappa shape index (κ2) is 3.74. The Morgan fingerprint density at radius 1 is 1.46 bits per heavy atom. The summed E-state index contributed by atoms with van der Waals surface area (Å²) in [7, 11) is 0. The highest BCUT2D eigenvalue weighted by Crippen LogP contribution is 2.22. The first-order chi connectivity index (χ1) is 6.00. The van der Waals surface area contributed by atoms with E-state index < -0.39 is 18.0 Å². The average molecular weight is 187 g/mol. The standard InChI is InChI=1S/C8H13NO4/c1-4-2-6(8(12)13)9-5(4)3-7(10)11/h4-6,9H,2-3H2,1H3,(H,10,11)(H,12,13)/t4?,5-,6+/m1/s1. The van der Waals surface area contributed by atoms with Crippen LogP contribution >= 0.6 is 0 Å². The zero-order valence-electron chi connectivity index (χ0n) is 7.36. The number of hydrogen-bond donors (Lipinski definition) is 3. The van der Waals surface area contributed by atoms with Gasteiger partial charge >= 0.3 is 11.9 Å². The lowest BCUT2D eigenvalue weighted by Crippen LogP contribution is -2.37. The molecule has 0 saturated carbocycles. The second-order valence-corrected chi connectivity index (χ2v) is 3.47. The van der Waals surface area contributed by atoms with Crippen LogP contribution in [0.15, 0.2) is 0 Å². The molecule has 0 radical (unpaired) electrons. The highest BCUT2D eigenvalue weighted by molar-refractivity contribution is 5.74. The normalized spacial score (nSPS) is 33.2. The van der Waals surface area contributed by atoms with Crippen LogP contribution in [-0.4, -0.2) is 34.2 Å². The Balaban J connectivity index is 2.51. The van der Waals surface area contributed by atoms with Crippen LogP contribution in [0, 0.1) is 5.92 Å². The first-order valence-electron chi connectivity index (χ1n) is 4.21. The Morgan fingerprint density at radius 3 is 2.46 bits per heavy atom. The second-order valence-electron chi connectivity index (χ2n) is 3.47. The fraction of sp³-hybridized carbons (Fsp3) is 0.750. The van der Waals surface area contributed by atoms with E-state index in [1.54, 1.807) is 0 Å². The summed E-state index contributed by atoms with van der Waals surface area (Å²) in [4.78, 5) is 21.0. The van der Waals surface area contributed by atoms with Gasteiger partial charge in [0.25, 0.3) is 0 Å². The van der Waals surface area contributed by atoms with Gasteiger partial charge in [0.05, 0.1) is 6.42 Å².